The largest absolute Gasteiger partial charge is 0.450 e. The van der Waals surface area contributed by atoms with Gasteiger partial charge in [0, 0.05) is 32.3 Å². The summed E-state index contributed by atoms with van der Waals surface area (Å²) in [5.41, 5.74) is 0. The third kappa shape index (κ3) is 5.47. The molecule has 0 bridgehead atoms. The van der Waals surface area contributed by atoms with Gasteiger partial charge in [-0.15, -0.1) is 0 Å². The smallest absolute Gasteiger partial charge is 0.407 e. The Labute approximate surface area is 128 Å². The molecule has 0 aromatic rings. The van der Waals surface area contributed by atoms with Gasteiger partial charge in [-0.2, -0.15) is 0 Å². The van der Waals surface area contributed by atoms with Crippen LogP contribution >= 0.6 is 0 Å². The molecule has 1 aliphatic carbocycles. The average molecular weight is 298 g/mol. The van der Waals surface area contributed by atoms with E-state index in [9.17, 15) is 9.90 Å². The molecule has 0 spiro atoms. The first-order chi connectivity index (χ1) is 10.2. The van der Waals surface area contributed by atoms with Crippen molar-refractivity contribution in [3.63, 3.8) is 0 Å². The number of aliphatic hydroxyl groups is 1. The highest BCUT2D eigenvalue weighted by Gasteiger charge is 2.30. The maximum Gasteiger partial charge on any atom is 0.407 e. The highest BCUT2D eigenvalue weighted by Crippen LogP contribution is 2.28. The van der Waals surface area contributed by atoms with Crippen molar-refractivity contribution in [2.24, 2.45) is 11.8 Å². The second kappa shape index (κ2) is 8.59. The Morgan fingerprint density at radius 3 is 2.71 bits per heavy atom. The third-order valence-corrected chi connectivity index (χ3v) is 4.74. The van der Waals surface area contributed by atoms with Crippen LogP contribution in [0.4, 0.5) is 4.79 Å². The van der Waals surface area contributed by atoms with Crippen molar-refractivity contribution >= 4 is 6.09 Å². The number of hydrogen-bond donors (Lipinski definition) is 2. The molecule has 2 unspecified atom stereocenters. The van der Waals surface area contributed by atoms with Gasteiger partial charge >= 0.3 is 6.09 Å². The van der Waals surface area contributed by atoms with Crippen LogP contribution in [0.1, 0.15) is 45.4 Å². The number of rotatable bonds is 6. The average Bonchev–Trinajstić information content (AvgIpc) is 2.92. The predicted molar refractivity (Wildman–Crippen MR) is 82.2 cm³/mol. The van der Waals surface area contributed by atoms with Gasteiger partial charge in [0.25, 0.3) is 0 Å². The fourth-order valence-corrected chi connectivity index (χ4v) is 3.85. The molecule has 2 atom stereocenters. The summed E-state index contributed by atoms with van der Waals surface area (Å²) in [5, 5.41) is 12.2. The minimum atomic E-state index is -0.312. The van der Waals surface area contributed by atoms with E-state index in [0.29, 0.717) is 12.5 Å². The lowest BCUT2D eigenvalue weighted by molar-refractivity contribution is 0.0971. The van der Waals surface area contributed by atoms with Crippen LogP contribution in [0, 0.1) is 11.8 Å². The Morgan fingerprint density at radius 1 is 1.29 bits per heavy atom. The highest BCUT2D eigenvalue weighted by molar-refractivity contribution is 5.67. The van der Waals surface area contributed by atoms with Crippen molar-refractivity contribution in [3.8, 4) is 0 Å². The minimum Gasteiger partial charge on any atom is -0.450 e. The summed E-state index contributed by atoms with van der Waals surface area (Å²) < 4.78 is 4.99. The van der Waals surface area contributed by atoms with Crippen LogP contribution in [0.25, 0.3) is 0 Å². The zero-order valence-electron chi connectivity index (χ0n) is 13.2. The molecule has 2 aliphatic rings. The second-order valence-corrected chi connectivity index (χ2v) is 6.54. The summed E-state index contributed by atoms with van der Waals surface area (Å²) in [5.74, 6) is 1.29. The first-order valence-corrected chi connectivity index (χ1v) is 8.47. The van der Waals surface area contributed by atoms with Crippen molar-refractivity contribution in [2.75, 3.05) is 32.8 Å². The van der Waals surface area contributed by atoms with Gasteiger partial charge in [-0.25, -0.2) is 4.79 Å². The summed E-state index contributed by atoms with van der Waals surface area (Å²) >= 11 is 0. The number of piperidine rings is 1. The molecule has 1 heterocycles. The van der Waals surface area contributed by atoms with Crippen molar-refractivity contribution in [2.45, 2.75) is 51.5 Å². The van der Waals surface area contributed by atoms with Crippen LogP contribution in [0.3, 0.4) is 0 Å². The maximum absolute atomic E-state index is 11.6. The van der Waals surface area contributed by atoms with Crippen LogP contribution in [0.2, 0.25) is 0 Å². The molecule has 1 saturated heterocycles. The highest BCUT2D eigenvalue weighted by atomic mass is 16.5. The minimum absolute atomic E-state index is 0.149. The number of hydrogen-bond acceptors (Lipinski definition) is 4. The Hall–Kier alpha value is -0.810. The van der Waals surface area contributed by atoms with E-state index in [4.69, 9.17) is 4.74 Å². The molecule has 2 rings (SSSR count). The lowest BCUT2D eigenvalue weighted by atomic mass is 9.91. The van der Waals surface area contributed by atoms with Gasteiger partial charge in [0.2, 0.25) is 0 Å². The normalized spacial score (nSPS) is 27.7. The number of aliphatic hydroxyl groups excluding tert-OH is 1. The molecule has 1 saturated carbocycles. The number of alkyl carbamates (subject to hydrolysis) is 1. The first-order valence-electron chi connectivity index (χ1n) is 8.47. The number of carbonyl (C=O) groups is 1. The van der Waals surface area contributed by atoms with Crippen molar-refractivity contribution in [3.05, 3.63) is 0 Å². The van der Waals surface area contributed by atoms with Gasteiger partial charge in [0.15, 0.2) is 0 Å². The Morgan fingerprint density at radius 2 is 2.05 bits per heavy atom. The lowest BCUT2D eigenvalue weighted by Gasteiger charge is -2.39. The third-order valence-electron chi connectivity index (χ3n) is 4.74. The fraction of sp³-hybridized carbons (Fsp3) is 0.938. The van der Waals surface area contributed by atoms with Crippen LogP contribution in [0.15, 0.2) is 0 Å². The molecule has 0 aromatic carbocycles. The van der Waals surface area contributed by atoms with Crippen LogP contribution < -0.4 is 5.32 Å². The van der Waals surface area contributed by atoms with E-state index in [2.05, 4.69) is 10.2 Å². The van der Waals surface area contributed by atoms with Crippen LogP contribution in [-0.2, 0) is 4.74 Å². The van der Waals surface area contributed by atoms with E-state index in [-0.39, 0.29) is 18.7 Å². The molecule has 1 aliphatic heterocycles. The zero-order valence-corrected chi connectivity index (χ0v) is 13.2. The number of amides is 1. The molecule has 2 fully saturated rings. The molecule has 21 heavy (non-hydrogen) atoms. The standard InChI is InChI=1S/C16H30N2O3/c1-2-21-16(20)17-15-9-14(7-8-19)11-18(12-15)10-13-5-3-4-6-13/h13-15,19H,2-12H2,1H3,(H,17,20). The molecule has 0 aromatic heterocycles. The van der Waals surface area contributed by atoms with E-state index in [1.54, 1.807) is 0 Å². The fourth-order valence-electron chi connectivity index (χ4n) is 3.85. The van der Waals surface area contributed by atoms with E-state index >= 15 is 0 Å². The summed E-state index contributed by atoms with van der Waals surface area (Å²) in [6.07, 6.45) is 6.87. The van der Waals surface area contributed by atoms with E-state index < -0.39 is 0 Å². The quantitative estimate of drug-likeness (QED) is 0.787. The zero-order chi connectivity index (χ0) is 15.1. The summed E-state index contributed by atoms with van der Waals surface area (Å²) in [4.78, 5) is 14.1. The Bertz CT molecular complexity index is 319. The molecule has 5 heteroatoms. The monoisotopic (exact) mass is 298 g/mol. The Kier molecular flexibility index (Phi) is 6.77. The molecule has 122 valence electrons. The number of carbonyl (C=O) groups excluding carboxylic acids is 1. The van der Waals surface area contributed by atoms with Crippen molar-refractivity contribution in [1.82, 2.24) is 10.2 Å². The van der Waals surface area contributed by atoms with Crippen molar-refractivity contribution in [1.29, 1.82) is 0 Å². The molecular formula is C16H30N2O3. The molecule has 0 radical (unpaired) electrons. The van der Waals surface area contributed by atoms with Gasteiger partial charge in [-0.05, 0) is 44.4 Å². The summed E-state index contributed by atoms with van der Waals surface area (Å²) in [6.45, 7) is 5.57. The van der Waals surface area contributed by atoms with E-state index in [0.717, 1.165) is 38.4 Å². The van der Waals surface area contributed by atoms with Gasteiger partial charge in [0.1, 0.15) is 0 Å². The number of nitrogens with zero attached hydrogens (tertiary/aromatic N) is 1. The van der Waals surface area contributed by atoms with Crippen LogP contribution in [0.5, 0.6) is 0 Å². The number of nitrogens with one attached hydrogen (secondary N) is 1. The first kappa shape index (κ1) is 16.6. The number of likely N-dealkylation sites (tertiary alicyclic amines) is 1. The predicted octanol–water partition coefficient (Wildman–Crippen LogP) is 2.00. The van der Waals surface area contributed by atoms with E-state index in [1.165, 1.54) is 25.7 Å². The Balaban J connectivity index is 1.85. The maximum atomic E-state index is 11.6. The van der Waals surface area contributed by atoms with Crippen LogP contribution in [-0.4, -0.2) is 55.0 Å². The second-order valence-electron chi connectivity index (χ2n) is 6.54. The van der Waals surface area contributed by atoms with E-state index in [1.807, 2.05) is 6.92 Å². The van der Waals surface area contributed by atoms with Gasteiger partial charge in [-0.3, -0.25) is 0 Å². The van der Waals surface area contributed by atoms with Crippen molar-refractivity contribution < 1.29 is 14.6 Å². The lowest BCUT2D eigenvalue weighted by Crippen LogP contribution is -2.52. The number of ether oxygens (including phenoxy) is 1. The van der Waals surface area contributed by atoms with Gasteiger partial charge in [-0.1, -0.05) is 12.8 Å². The topological polar surface area (TPSA) is 61.8 Å². The summed E-state index contributed by atoms with van der Waals surface area (Å²) in [6, 6.07) is 0.149. The SMILES string of the molecule is CCOC(=O)NC1CC(CCO)CN(CC2CCCC2)C1. The van der Waals surface area contributed by atoms with Gasteiger partial charge in [0.05, 0.1) is 6.61 Å². The molecule has 1 amide bonds. The van der Waals surface area contributed by atoms with Gasteiger partial charge < -0.3 is 20.1 Å². The summed E-state index contributed by atoms with van der Waals surface area (Å²) in [7, 11) is 0. The molecular weight excluding hydrogens is 268 g/mol. The molecule has 5 nitrogen and oxygen atoms in total. The molecule has 2 N–H and O–H groups in total.